The largest absolute Gasteiger partial charge is 0.504 e. The number of rotatable bonds is 4. The molecule has 2 aromatic carbocycles. The minimum atomic E-state index is -0.540. The van der Waals surface area contributed by atoms with Gasteiger partial charge in [0.15, 0.2) is 11.5 Å². The predicted molar refractivity (Wildman–Crippen MR) is 88.3 cm³/mol. The summed E-state index contributed by atoms with van der Waals surface area (Å²) in [5.74, 6) is -0.301. The van der Waals surface area contributed by atoms with Crippen molar-refractivity contribution in [3.05, 3.63) is 58.6 Å². The average Bonchev–Trinajstić information content (AvgIpc) is 2.56. The van der Waals surface area contributed by atoms with E-state index in [4.69, 9.17) is 16.3 Å². The predicted octanol–water partition coefficient (Wildman–Crippen LogP) is 3.60. The Morgan fingerprint density at radius 3 is 2.61 bits per heavy atom. The van der Waals surface area contributed by atoms with Crippen molar-refractivity contribution in [1.82, 2.24) is 0 Å². The van der Waals surface area contributed by atoms with E-state index in [0.29, 0.717) is 16.3 Å². The van der Waals surface area contributed by atoms with Crippen LogP contribution in [0.25, 0.3) is 6.08 Å². The normalized spacial score (nSPS) is 10.7. The molecule has 0 unspecified atom stereocenters. The lowest BCUT2D eigenvalue weighted by Crippen LogP contribution is -2.13. The number of phenols is 1. The highest BCUT2D eigenvalue weighted by Gasteiger charge is 2.10. The molecule has 0 saturated carbocycles. The second-order valence-electron chi connectivity index (χ2n) is 4.56. The van der Waals surface area contributed by atoms with Crippen LogP contribution in [-0.4, -0.2) is 18.1 Å². The van der Waals surface area contributed by atoms with E-state index in [0.717, 1.165) is 0 Å². The van der Waals surface area contributed by atoms with Crippen LogP contribution in [0, 0.1) is 11.3 Å². The van der Waals surface area contributed by atoms with E-state index >= 15 is 0 Å². The van der Waals surface area contributed by atoms with Crippen LogP contribution in [-0.2, 0) is 4.79 Å². The fourth-order valence-corrected chi connectivity index (χ4v) is 1.96. The summed E-state index contributed by atoms with van der Waals surface area (Å²) in [6, 6.07) is 12.9. The van der Waals surface area contributed by atoms with Crippen LogP contribution in [0.4, 0.5) is 5.69 Å². The molecule has 6 heteroatoms. The number of nitriles is 1. The molecule has 0 radical (unpaired) electrons. The molecule has 0 heterocycles. The van der Waals surface area contributed by atoms with Gasteiger partial charge in [-0.1, -0.05) is 17.7 Å². The van der Waals surface area contributed by atoms with Crippen LogP contribution < -0.4 is 10.1 Å². The number of ether oxygens (including phenoxy) is 1. The lowest BCUT2D eigenvalue weighted by Gasteiger charge is -2.06. The molecule has 2 aromatic rings. The van der Waals surface area contributed by atoms with Crippen molar-refractivity contribution in [2.75, 3.05) is 12.4 Å². The minimum Gasteiger partial charge on any atom is -0.504 e. The number of anilines is 1. The van der Waals surface area contributed by atoms with E-state index in [9.17, 15) is 15.2 Å². The number of halogens is 1. The number of nitrogens with zero attached hydrogens (tertiary/aromatic N) is 1. The van der Waals surface area contributed by atoms with Gasteiger partial charge in [-0.3, -0.25) is 4.79 Å². The number of hydrogen-bond donors (Lipinski definition) is 2. The van der Waals surface area contributed by atoms with Crippen molar-refractivity contribution < 1.29 is 14.6 Å². The number of phenolic OH excluding ortho intramolecular Hbond substituents is 1. The molecule has 0 bridgehead atoms. The van der Waals surface area contributed by atoms with Crippen molar-refractivity contribution in [2.24, 2.45) is 0 Å². The lowest BCUT2D eigenvalue weighted by molar-refractivity contribution is -0.112. The summed E-state index contributed by atoms with van der Waals surface area (Å²) in [5.41, 5.74) is 1.01. The zero-order chi connectivity index (χ0) is 16.8. The third kappa shape index (κ3) is 4.25. The van der Waals surface area contributed by atoms with Gasteiger partial charge >= 0.3 is 0 Å². The summed E-state index contributed by atoms with van der Waals surface area (Å²) in [4.78, 5) is 12.1. The highest BCUT2D eigenvalue weighted by Crippen LogP contribution is 2.27. The first-order chi connectivity index (χ1) is 11.0. The van der Waals surface area contributed by atoms with E-state index in [1.54, 1.807) is 30.3 Å². The Balaban J connectivity index is 2.23. The molecule has 23 heavy (non-hydrogen) atoms. The van der Waals surface area contributed by atoms with E-state index in [-0.39, 0.29) is 17.1 Å². The summed E-state index contributed by atoms with van der Waals surface area (Å²) in [6.07, 6.45) is 1.41. The first-order valence-corrected chi connectivity index (χ1v) is 6.97. The van der Waals surface area contributed by atoms with Gasteiger partial charge in [-0.25, -0.2) is 0 Å². The van der Waals surface area contributed by atoms with Gasteiger partial charge < -0.3 is 15.2 Å². The van der Waals surface area contributed by atoms with Crippen LogP contribution in [0.5, 0.6) is 11.5 Å². The SMILES string of the molecule is COc1cc(/C=C(/C#N)C(=O)Nc2ccc(Cl)cc2)ccc1O. The summed E-state index contributed by atoms with van der Waals surface area (Å²) in [6.45, 7) is 0. The van der Waals surface area contributed by atoms with E-state index in [2.05, 4.69) is 5.32 Å². The van der Waals surface area contributed by atoms with Crippen molar-refractivity contribution in [3.8, 4) is 17.6 Å². The van der Waals surface area contributed by atoms with E-state index in [1.807, 2.05) is 6.07 Å². The smallest absolute Gasteiger partial charge is 0.266 e. The summed E-state index contributed by atoms with van der Waals surface area (Å²) >= 11 is 5.78. The molecule has 0 aliphatic carbocycles. The third-order valence-corrected chi connectivity index (χ3v) is 3.23. The van der Waals surface area contributed by atoms with Gasteiger partial charge in [-0.05, 0) is 48.0 Å². The van der Waals surface area contributed by atoms with Gasteiger partial charge in [-0.2, -0.15) is 5.26 Å². The zero-order valence-electron chi connectivity index (χ0n) is 12.2. The highest BCUT2D eigenvalue weighted by molar-refractivity contribution is 6.30. The molecule has 0 spiro atoms. The van der Waals surface area contributed by atoms with Crippen molar-refractivity contribution in [1.29, 1.82) is 5.26 Å². The Morgan fingerprint density at radius 1 is 1.30 bits per heavy atom. The van der Waals surface area contributed by atoms with Crippen LogP contribution in [0.3, 0.4) is 0 Å². The number of amides is 1. The fourth-order valence-electron chi connectivity index (χ4n) is 1.83. The van der Waals surface area contributed by atoms with Gasteiger partial charge in [0.25, 0.3) is 5.91 Å². The van der Waals surface area contributed by atoms with E-state index < -0.39 is 5.91 Å². The maximum Gasteiger partial charge on any atom is 0.266 e. The molecular formula is C17H13ClN2O3. The maximum absolute atomic E-state index is 12.1. The fraction of sp³-hybridized carbons (Fsp3) is 0.0588. The Hall–Kier alpha value is -2.97. The van der Waals surface area contributed by atoms with E-state index in [1.165, 1.54) is 25.3 Å². The van der Waals surface area contributed by atoms with Crippen LogP contribution in [0.15, 0.2) is 48.0 Å². The number of hydrogen-bond acceptors (Lipinski definition) is 4. The second kappa shape index (κ2) is 7.34. The van der Waals surface area contributed by atoms with Crippen LogP contribution in [0.1, 0.15) is 5.56 Å². The number of methoxy groups -OCH3 is 1. The number of carbonyl (C=O) groups is 1. The van der Waals surface area contributed by atoms with Gasteiger partial charge in [0, 0.05) is 10.7 Å². The summed E-state index contributed by atoms with van der Waals surface area (Å²) in [7, 11) is 1.42. The van der Waals surface area contributed by atoms with Crippen LogP contribution in [0.2, 0.25) is 5.02 Å². The third-order valence-electron chi connectivity index (χ3n) is 2.98. The Kier molecular flexibility index (Phi) is 5.23. The van der Waals surface area contributed by atoms with Crippen molar-refractivity contribution in [3.63, 3.8) is 0 Å². The zero-order valence-corrected chi connectivity index (χ0v) is 13.0. The molecule has 2 rings (SSSR count). The minimum absolute atomic E-state index is 0.0197. The molecule has 0 fully saturated rings. The molecule has 0 saturated heterocycles. The molecule has 0 aromatic heterocycles. The molecule has 1 amide bonds. The lowest BCUT2D eigenvalue weighted by atomic mass is 10.1. The Labute approximate surface area is 138 Å². The van der Waals surface area contributed by atoms with Gasteiger partial charge in [0.1, 0.15) is 11.6 Å². The quantitative estimate of drug-likeness (QED) is 0.663. The van der Waals surface area contributed by atoms with Crippen LogP contribution >= 0.6 is 11.6 Å². The first-order valence-electron chi connectivity index (χ1n) is 6.59. The number of nitrogens with one attached hydrogen (secondary N) is 1. The van der Waals surface area contributed by atoms with Gasteiger partial charge in [0.05, 0.1) is 7.11 Å². The second-order valence-corrected chi connectivity index (χ2v) is 5.00. The van der Waals surface area contributed by atoms with Crippen molar-refractivity contribution in [2.45, 2.75) is 0 Å². The summed E-state index contributed by atoms with van der Waals surface area (Å²) in [5, 5.41) is 21.9. The first kappa shape index (κ1) is 16.4. The highest BCUT2D eigenvalue weighted by atomic mass is 35.5. The standard InChI is InChI=1S/C17H13ClN2O3/c1-23-16-9-11(2-7-15(16)21)8-12(10-19)17(22)20-14-5-3-13(18)4-6-14/h2-9,21H,1H3,(H,20,22)/b12-8-. The number of carbonyl (C=O) groups excluding carboxylic acids is 1. The number of benzene rings is 2. The number of aromatic hydroxyl groups is 1. The van der Waals surface area contributed by atoms with Crippen molar-refractivity contribution >= 4 is 29.3 Å². The average molecular weight is 329 g/mol. The van der Waals surface area contributed by atoms with Gasteiger partial charge in [-0.15, -0.1) is 0 Å². The summed E-state index contributed by atoms with van der Waals surface area (Å²) < 4.78 is 4.99. The molecule has 116 valence electrons. The molecule has 5 nitrogen and oxygen atoms in total. The topological polar surface area (TPSA) is 82.3 Å². The molecular weight excluding hydrogens is 316 g/mol. The monoisotopic (exact) mass is 328 g/mol. The Bertz CT molecular complexity index is 792. The van der Waals surface area contributed by atoms with Gasteiger partial charge in [0.2, 0.25) is 0 Å². The Morgan fingerprint density at radius 2 is 2.00 bits per heavy atom. The molecule has 2 N–H and O–H groups in total. The molecule has 0 aliphatic rings. The molecule has 0 aliphatic heterocycles. The maximum atomic E-state index is 12.1. The molecule has 0 atom stereocenters.